The van der Waals surface area contributed by atoms with E-state index in [2.05, 4.69) is 28.8 Å². The first-order valence-electron chi connectivity index (χ1n) is 9.07. The molecule has 8 nitrogen and oxygen atoms in total. The molecule has 0 amide bonds. The van der Waals surface area contributed by atoms with Crippen molar-refractivity contribution in [2.45, 2.75) is 20.4 Å². The Bertz CT molecular complexity index is 1210. The molecule has 0 spiro atoms. The molecule has 0 saturated carbocycles. The topological polar surface area (TPSA) is 100.0 Å². The van der Waals surface area contributed by atoms with Gasteiger partial charge < -0.3 is 9.88 Å². The van der Waals surface area contributed by atoms with Gasteiger partial charge in [-0.2, -0.15) is 0 Å². The number of aromatic amines is 2. The molecule has 2 N–H and O–H groups in total. The molecule has 0 aliphatic heterocycles. The number of nitrogens with zero attached hydrogens (tertiary/aromatic N) is 3. The van der Waals surface area contributed by atoms with Crippen molar-refractivity contribution in [3.8, 4) is 0 Å². The van der Waals surface area contributed by atoms with Gasteiger partial charge in [0.2, 0.25) is 0 Å². The molecule has 140 valence electrons. The molecular formula is C19H21N5O3. The van der Waals surface area contributed by atoms with Crippen LogP contribution in [-0.2, 0) is 6.54 Å². The van der Waals surface area contributed by atoms with Crippen LogP contribution < -0.4 is 5.43 Å². The monoisotopic (exact) mass is 367 g/mol. The fraction of sp³-hybridized carbons (Fsp3) is 0.316. The zero-order valence-electron chi connectivity index (χ0n) is 15.3. The average molecular weight is 367 g/mol. The maximum absolute atomic E-state index is 12.5. The van der Waals surface area contributed by atoms with E-state index >= 15 is 0 Å². The number of nitrogens with one attached hydrogen (secondary N) is 2. The molecule has 2 heterocycles. The average Bonchev–Trinajstić information content (AvgIpc) is 3.02. The van der Waals surface area contributed by atoms with Crippen LogP contribution in [0.15, 0.2) is 35.1 Å². The summed E-state index contributed by atoms with van der Waals surface area (Å²) >= 11 is 0. The molecule has 0 bridgehead atoms. The molecule has 0 fully saturated rings. The van der Waals surface area contributed by atoms with E-state index in [9.17, 15) is 14.9 Å². The highest BCUT2D eigenvalue weighted by Crippen LogP contribution is 2.34. The summed E-state index contributed by atoms with van der Waals surface area (Å²) < 4.78 is 1.97. The SMILES string of the molecule is CCN(CC)CCn1[nH]c2c3c(=O)cccc3[nH]c3c([N+](=O)[O-])ccc1c32. The highest BCUT2D eigenvalue weighted by atomic mass is 16.6. The minimum Gasteiger partial charge on any atom is -0.349 e. The minimum atomic E-state index is -0.398. The molecule has 0 atom stereocenters. The van der Waals surface area contributed by atoms with Crippen molar-refractivity contribution in [2.24, 2.45) is 0 Å². The van der Waals surface area contributed by atoms with Crippen molar-refractivity contribution < 1.29 is 4.92 Å². The summed E-state index contributed by atoms with van der Waals surface area (Å²) in [4.78, 5) is 29.0. The summed E-state index contributed by atoms with van der Waals surface area (Å²) in [6, 6.07) is 8.20. The third-order valence-electron chi connectivity index (χ3n) is 5.22. The summed E-state index contributed by atoms with van der Waals surface area (Å²) in [5.74, 6) is 0. The Hall–Kier alpha value is -3.13. The smallest absolute Gasteiger partial charge is 0.293 e. The predicted octanol–water partition coefficient (Wildman–Crippen LogP) is 3.21. The van der Waals surface area contributed by atoms with E-state index in [0.717, 1.165) is 25.2 Å². The third-order valence-corrected chi connectivity index (χ3v) is 5.22. The van der Waals surface area contributed by atoms with Crippen molar-refractivity contribution in [1.82, 2.24) is 19.7 Å². The number of fused-ring (bicyclic) bond motifs is 2. The molecule has 2 aromatic heterocycles. The number of rotatable bonds is 6. The standard InChI is InChI=1S/C19H21N5O3/c1-3-22(4-2)10-11-23-13-8-9-14(24(26)27)18-17(13)19(21-23)16-12(20-18)6-5-7-15(16)25/h5-9,20-21H,3-4,10-11H2,1-2H3. The van der Waals surface area contributed by atoms with Gasteiger partial charge in [-0.15, -0.1) is 0 Å². The van der Waals surface area contributed by atoms with Gasteiger partial charge >= 0.3 is 0 Å². The molecule has 0 unspecified atom stereocenters. The number of likely N-dealkylation sites (N-methyl/N-ethyl adjacent to an activating group) is 1. The lowest BCUT2D eigenvalue weighted by atomic mass is 10.1. The molecule has 27 heavy (non-hydrogen) atoms. The molecule has 2 aromatic carbocycles. The third kappa shape index (κ3) is 2.69. The second-order valence-corrected chi connectivity index (χ2v) is 6.58. The van der Waals surface area contributed by atoms with Crippen molar-refractivity contribution in [2.75, 3.05) is 19.6 Å². The fourth-order valence-electron chi connectivity index (χ4n) is 3.75. The Labute approximate surface area is 154 Å². The van der Waals surface area contributed by atoms with Crippen LogP contribution in [0.4, 0.5) is 5.69 Å². The molecule has 4 aromatic rings. The van der Waals surface area contributed by atoms with E-state index in [4.69, 9.17) is 0 Å². The van der Waals surface area contributed by atoms with Crippen molar-refractivity contribution in [1.29, 1.82) is 0 Å². The lowest BCUT2D eigenvalue weighted by molar-refractivity contribution is -0.383. The van der Waals surface area contributed by atoms with E-state index in [0.29, 0.717) is 33.9 Å². The lowest BCUT2D eigenvalue weighted by Crippen LogP contribution is -2.27. The number of pyridine rings is 1. The molecule has 0 aliphatic rings. The van der Waals surface area contributed by atoms with Gasteiger partial charge in [0.15, 0.2) is 5.43 Å². The zero-order valence-corrected chi connectivity index (χ0v) is 15.3. The Morgan fingerprint density at radius 1 is 1.11 bits per heavy atom. The van der Waals surface area contributed by atoms with E-state index in [-0.39, 0.29) is 11.1 Å². The van der Waals surface area contributed by atoms with Crippen LogP contribution in [-0.4, -0.2) is 44.2 Å². The number of H-pyrrole nitrogens is 2. The number of non-ortho nitro benzene ring substituents is 1. The largest absolute Gasteiger partial charge is 0.349 e. The normalized spacial score (nSPS) is 12.0. The second kappa shape index (κ2) is 6.55. The number of nitro benzene ring substituents is 1. The number of hydrogen-bond acceptors (Lipinski definition) is 4. The molecule has 4 rings (SSSR count). The predicted molar refractivity (Wildman–Crippen MR) is 106 cm³/mol. The van der Waals surface area contributed by atoms with E-state index in [1.807, 2.05) is 4.68 Å². The van der Waals surface area contributed by atoms with Crippen LogP contribution in [0, 0.1) is 10.1 Å². The summed E-state index contributed by atoms with van der Waals surface area (Å²) in [5.41, 5.74) is 2.39. The summed E-state index contributed by atoms with van der Waals surface area (Å²) in [6.45, 7) is 7.69. The van der Waals surface area contributed by atoms with Crippen LogP contribution in [0.3, 0.4) is 0 Å². The van der Waals surface area contributed by atoms with Gasteiger partial charge in [-0.3, -0.25) is 24.7 Å². The maximum Gasteiger partial charge on any atom is 0.293 e. The van der Waals surface area contributed by atoms with Gasteiger partial charge in [0.25, 0.3) is 5.69 Å². The quantitative estimate of drug-likeness (QED) is 0.310. The van der Waals surface area contributed by atoms with Crippen molar-refractivity contribution >= 4 is 38.5 Å². The number of nitro groups is 1. The second-order valence-electron chi connectivity index (χ2n) is 6.58. The Morgan fingerprint density at radius 3 is 2.59 bits per heavy atom. The van der Waals surface area contributed by atoms with E-state index in [1.54, 1.807) is 18.2 Å². The summed E-state index contributed by atoms with van der Waals surface area (Å²) in [7, 11) is 0. The van der Waals surface area contributed by atoms with Crippen molar-refractivity contribution in [3.05, 3.63) is 50.7 Å². The first-order valence-corrected chi connectivity index (χ1v) is 9.07. The van der Waals surface area contributed by atoms with Crippen molar-refractivity contribution in [3.63, 3.8) is 0 Å². The Kier molecular flexibility index (Phi) is 4.19. The van der Waals surface area contributed by atoms with Gasteiger partial charge in [-0.1, -0.05) is 19.9 Å². The first kappa shape index (κ1) is 17.3. The Balaban J connectivity index is 2.03. The highest BCUT2D eigenvalue weighted by molar-refractivity contribution is 6.18. The Morgan fingerprint density at radius 2 is 1.89 bits per heavy atom. The van der Waals surface area contributed by atoms with Gasteiger partial charge in [-0.05, 0) is 31.3 Å². The first-order chi connectivity index (χ1) is 13.0. The van der Waals surface area contributed by atoms with Gasteiger partial charge in [0, 0.05) is 12.6 Å². The highest BCUT2D eigenvalue weighted by Gasteiger charge is 2.21. The molecule has 0 saturated heterocycles. The zero-order chi connectivity index (χ0) is 19.1. The number of aromatic nitrogens is 3. The fourth-order valence-corrected chi connectivity index (χ4v) is 3.75. The van der Waals surface area contributed by atoms with Crippen LogP contribution in [0.5, 0.6) is 0 Å². The summed E-state index contributed by atoms with van der Waals surface area (Å²) in [5, 5.41) is 16.1. The van der Waals surface area contributed by atoms with Crippen LogP contribution >= 0.6 is 0 Å². The summed E-state index contributed by atoms with van der Waals surface area (Å²) in [6.07, 6.45) is 0. The van der Waals surface area contributed by atoms with E-state index in [1.165, 1.54) is 12.1 Å². The molecular weight excluding hydrogens is 346 g/mol. The minimum absolute atomic E-state index is 0.000551. The molecule has 8 heteroatoms. The van der Waals surface area contributed by atoms with Gasteiger partial charge in [0.1, 0.15) is 5.52 Å². The number of hydrogen-bond donors (Lipinski definition) is 2. The van der Waals surface area contributed by atoms with E-state index < -0.39 is 4.92 Å². The number of benzene rings is 2. The van der Waals surface area contributed by atoms with Crippen LogP contribution in [0.1, 0.15) is 13.8 Å². The molecule has 0 radical (unpaired) electrons. The van der Waals surface area contributed by atoms with Crippen LogP contribution in [0.25, 0.3) is 32.8 Å². The molecule has 0 aliphatic carbocycles. The van der Waals surface area contributed by atoms with Gasteiger partial charge in [0.05, 0.1) is 38.8 Å². The maximum atomic E-state index is 12.5. The lowest BCUT2D eigenvalue weighted by Gasteiger charge is -2.18. The van der Waals surface area contributed by atoms with Crippen LogP contribution in [0.2, 0.25) is 0 Å². The van der Waals surface area contributed by atoms with Gasteiger partial charge in [-0.25, -0.2) is 0 Å².